The predicted molar refractivity (Wildman–Crippen MR) is 117 cm³/mol. The Balaban J connectivity index is 2.12. The first-order valence-corrected chi connectivity index (χ1v) is 9.79. The van der Waals surface area contributed by atoms with E-state index >= 15 is 0 Å². The number of aromatic nitrogens is 2. The Morgan fingerprint density at radius 3 is 2.81 bits per heavy atom. The lowest BCUT2D eigenvalue weighted by Gasteiger charge is -2.10. The van der Waals surface area contributed by atoms with Crippen LogP contribution in [0, 0.1) is 17.0 Å². The van der Waals surface area contributed by atoms with Gasteiger partial charge >= 0.3 is 11.7 Å². The van der Waals surface area contributed by atoms with Gasteiger partial charge in [0, 0.05) is 21.1 Å². The SMILES string of the molecule is COC(=O)COc1c(C=Nn2c(C)nc3ccc(Br)cc3c2=O)cc(Cl)cc1[N+](=O)[O-]. The lowest BCUT2D eigenvalue weighted by Crippen LogP contribution is -2.20. The molecule has 3 aromatic rings. The summed E-state index contributed by atoms with van der Waals surface area (Å²) in [5.74, 6) is -0.682. The van der Waals surface area contributed by atoms with Crippen LogP contribution in [-0.2, 0) is 9.53 Å². The van der Waals surface area contributed by atoms with E-state index in [4.69, 9.17) is 16.3 Å². The number of fused-ring (bicyclic) bond motifs is 1. The Labute approximate surface area is 188 Å². The summed E-state index contributed by atoms with van der Waals surface area (Å²) < 4.78 is 11.5. The molecule has 1 heterocycles. The van der Waals surface area contributed by atoms with Crippen molar-refractivity contribution in [3.63, 3.8) is 0 Å². The number of ether oxygens (including phenoxy) is 2. The van der Waals surface area contributed by atoms with Crippen LogP contribution in [0.15, 0.2) is 44.7 Å². The summed E-state index contributed by atoms with van der Waals surface area (Å²) in [6.45, 7) is 1.03. The molecule has 31 heavy (non-hydrogen) atoms. The lowest BCUT2D eigenvalue weighted by molar-refractivity contribution is -0.385. The number of carbonyl (C=O) groups excluding carboxylic acids is 1. The van der Waals surface area contributed by atoms with E-state index in [9.17, 15) is 19.7 Å². The van der Waals surface area contributed by atoms with E-state index in [1.165, 1.54) is 12.3 Å². The monoisotopic (exact) mass is 508 g/mol. The third-order valence-corrected chi connectivity index (χ3v) is 4.82. The van der Waals surface area contributed by atoms with Crippen molar-refractivity contribution in [2.24, 2.45) is 5.10 Å². The van der Waals surface area contributed by atoms with Crippen LogP contribution in [0.1, 0.15) is 11.4 Å². The van der Waals surface area contributed by atoms with Gasteiger partial charge in [0.15, 0.2) is 6.61 Å². The quantitative estimate of drug-likeness (QED) is 0.215. The normalized spacial score (nSPS) is 11.1. The van der Waals surface area contributed by atoms with Crippen LogP contribution in [0.4, 0.5) is 5.69 Å². The second kappa shape index (κ2) is 9.23. The average Bonchev–Trinajstić information content (AvgIpc) is 2.72. The van der Waals surface area contributed by atoms with E-state index in [2.05, 4.69) is 30.8 Å². The molecule has 0 spiro atoms. The molecule has 0 saturated carbocycles. The van der Waals surface area contributed by atoms with Crippen molar-refractivity contribution in [2.45, 2.75) is 6.92 Å². The number of aryl methyl sites for hydroxylation is 1. The number of methoxy groups -OCH3 is 1. The topological polar surface area (TPSA) is 126 Å². The second-order valence-electron chi connectivity index (χ2n) is 6.15. The fourth-order valence-electron chi connectivity index (χ4n) is 2.69. The van der Waals surface area contributed by atoms with Gasteiger partial charge in [0.25, 0.3) is 5.56 Å². The number of rotatable bonds is 6. The predicted octanol–water partition coefficient (Wildman–Crippen LogP) is 3.46. The first-order valence-electron chi connectivity index (χ1n) is 8.62. The maximum atomic E-state index is 12.9. The van der Waals surface area contributed by atoms with Gasteiger partial charge in [-0.15, -0.1) is 0 Å². The van der Waals surface area contributed by atoms with Crippen molar-refractivity contribution in [2.75, 3.05) is 13.7 Å². The Morgan fingerprint density at radius 1 is 1.39 bits per heavy atom. The third kappa shape index (κ3) is 4.89. The molecule has 0 N–H and O–H groups in total. The average molecular weight is 510 g/mol. The van der Waals surface area contributed by atoms with Crippen LogP contribution in [0.3, 0.4) is 0 Å². The summed E-state index contributed by atoms with van der Waals surface area (Å²) >= 11 is 9.31. The summed E-state index contributed by atoms with van der Waals surface area (Å²) in [4.78, 5) is 39.4. The molecule has 0 atom stereocenters. The number of nitro benzene ring substituents is 1. The van der Waals surface area contributed by atoms with E-state index in [1.807, 2.05) is 0 Å². The largest absolute Gasteiger partial charge is 0.474 e. The van der Waals surface area contributed by atoms with Crippen molar-refractivity contribution in [1.82, 2.24) is 9.66 Å². The van der Waals surface area contributed by atoms with Gasteiger partial charge in [-0.25, -0.2) is 9.78 Å². The number of nitrogens with zero attached hydrogens (tertiary/aromatic N) is 4. The highest BCUT2D eigenvalue weighted by molar-refractivity contribution is 9.10. The highest BCUT2D eigenvalue weighted by atomic mass is 79.9. The maximum absolute atomic E-state index is 12.9. The van der Waals surface area contributed by atoms with E-state index in [-0.39, 0.29) is 16.3 Å². The summed E-state index contributed by atoms with van der Waals surface area (Å²) in [6.07, 6.45) is 1.17. The zero-order chi connectivity index (χ0) is 22.7. The number of halogens is 2. The molecular formula is C19H14BrClN4O6. The number of hydrogen-bond donors (Lipinski definition) is 0. The molecule has 0 unspecified atom stereocenters. The van der Waals surface area contributed by atoms with Crippen molar-refractivity contribution in [1.29, 1.82) is 0 Å². The summed E-state index contributed by atoms with van der Waals surface area (Å²) in [6, 6.07) is 7.51. The number of hydrogen-bond acceptors (Lipinski definition) is 8. The van der Waals surface area contributed by atoms with Crippen LogP contribution in [0.2, 0.25) is 5.02 Å². The Hall–Kier alpha value is -3.31. The molecule has 0 aliphatic carbocycles. The minimum Gasteiger partial charge on any atom is -0.474 e. The summed E-state index contributed by atoms with van der Waals surface area (Å²) in [5, 5.41) is 15.9. The minimum atomic E-state index is -0.733. The molecule has 0 aliphatic heterocycles. The molecule has 0 radical (unpaired) electrons. The van der Waals surface area contributed by atoms with Crippen molar-refractivity contribution < 1.29 is 19.2 Å². The minimum absolute atomic E-state index is 0.0446. The van der Waals surface area contributed by atoms with Gasteiger partial charge in [0.05, 0.1) is 29.2 Å². The molecule has 2 aromatic carbocycles. The van der Waals surface area contributed by atoms with Crippen LogP contribution >= 0.6 is 27.5 Å². The second-order valence-corrected chi connectivity index (χ2v) is 7.50. The third-order valence-electron chi connectivity index (χ3n) is 4.10. The first kappa shape index (κ1) is 22.4. The number of nitro groups is 1. The molecule has 1 aromatic heterocycles. The van der Waals surface area contributed by atoms with Crippen molar-refractivity contribution >= 4 is 56.3 Å². The van der Waals surface area contributed by atoms with Gasteiger partial charge in [-0.05, 0) is 31.2 Å². The number of carbonyl (C=O) groups is 1. The van der Waals surface area contributed by atoms with Crippen molar-refractivity contribution in [3.05, 3.63) is 71.7 Å². The smallest absolute Gasteiger partial charge is 0.343 e. The lowest BCUT2D eigenvalue weighted by atomic mass is 10.2. The van der Waals surface area contributed by atoms with Crippen LogP contribution < -0.4 is 10.3 Å². The van der Waals surface area contributed by atoms with E-state index in [0.717, 1.165) is 17.9 Å². The van der Waals surface area contributed by atoms with Crippen LogP contribution in [-0.4, -0.2) is 40.5 Å². The zero-order valence-corrected chi connectivity index (χ0v) is 18.5. The first-order chi connectivity index (χ1) is 14.7. The highest BCUT2D eigenvalue weighted by Gasteiger charge is 2.22. The number of esters is 1. The molecule has 0 bridgehead atoms. The van der Waals surface area contributed by atoms with E-state index in [1.54, 1.807) is 25.1 Å². The maximum Gasteiger partial charge on any atom is 0.343 e. The van der Waals surface area contributed by atoms with Crippen LogP contribution in [0.25, 0.3) is 10.9 Å². The van der Waals surface area contributed by atoms with Gasteiger partial charge in [0.1, 0.15) is 5.82 Å². The fourth-order valence-corrected chi connectivity index (χ4v) is 3.28. The van der Waals surface area contributed by atoms with Crippen LogP contribution in [0.5, 0.6) is 5.75 Å². The number of benzene rings is 2. The van der Waals surface area contributed by atoms with Gasteiger partial charge in [-0.2, -0.15) is 9.78 Å². The molecule has 10 nitrogen and oxygen atoms in total. The van der Waals surface area contributed by atoms with E-state index < -0.39 is 28.7 Å². The summed E-state index contributed by atoms with van der Waals surface area (Å²) in [5.41, 5.74) is -0.322. The summed E-state index contributed by atoms with van der Waals surface area (Å²) in [7, 11) is 1.16. The Bertz CT molecular complexity index is 1290. The molecule has 12 heteroatoms. The molecule has 0 fully saturated rings. The van der Waals surface area contributed by atoms with Gasteiger partial charge in [0.2, 0.25) is 5.75 Å². The Morgan fingerprint density at radius 2 is 2.13 bits per heavy atom. The fraction of sp³-hybridized carbons (Fsp3) is 0.158. The molecule has 160 valence electrons. The van der Waals surface area contributed by atoms with Gasteiger partial charge in [-0.1, -0.05) is 27.5 Å². The molecule has 0 amide bonds. The van der Waals surface area contributed by atoms with Crippen molar-refractivity contribution in [3.8, 4) is 5.75 Å². The van der Waals surface area contributed by atoms with Gasteiger partial charge < -0.3 is 9.47 Å². The highest BCUT2D eigenvalue weighted by Crippen LogP contribution is 2.33. The molecule has 0 aliphatic rings. The van der Waals surface area contributed by atoms with E-state index in [0.29, 0.717) is 21.2 Å². The van der Waals surface area contributed by atoms with Gasteiger partial charge in [-0.3, -0.25) is 14.9 Å². The standard InChI is InChI=1S/C19H14BrClN4O6/c1-10-23-15-4-3-12(20)6-14(15)19(27)24(10)22-8-11-5-13(21)7-16(25(28)29)18(11)31-9-17(26)30-2/h3-8H,9H2,1-2H3. The molecule has 3 rings (SSSR count). The Kier molecular flexibility index (Phi) is 6.66. The zero-order valence-electron chi connectivity index (χ0n) is 16.2. The molecule has 0 saturated heterocycles. The molecular weight excluding hydrogens is 496 g/mol.